The second kappa shape index (κ2) is 10.2. The molecule has 0 amide bonds. The number of para-hydroxylation sites is 1. The number of fused-ring (bicyclic) bond motifs is 5. The van der Waals surface area contributed by atoms with Gasteiger partial charge >= 0.3 is 0 Å². The summed E-state index contributed by atoms with van der Waals surface area (Å²) in [4.78, 5) is 2.53. The SMILES string of the molecule is CC1(C)CCC(C)(C)c2c(-c3cc4c(cc3N(c3ccccc3)c3cccc5ccccc35)C(C)(C)c3ccccc3-4)cccc21. The average Bonchev–Trinajstić information content (AvgIpc) is 3.29. The summed E-state index contributed by atoms with van der Waals surface area (Å²) < 4.78 is 0. The molecule has 1 nitrogen and oxygen atoms in total. The maximum atomic E-state index is 2.53. The number of hydrogen-bond donors (Lipinski definition) is 0. The molecule has 0 aliphatic heterocycles. The van der Waals surface area contributed by atoms with E-state index in [1.54, 1.807) is 0 Å². The molecule has 0 fully saturated rings. The number of nitrogens with zero attached hydrogens (tertiary/aromatic N) is 1. The summed E-state index contributed by atoms with van der Waals surface area (Å²) in [5.74, 6) is 0. The van der Waals surface area contributed by atoms with Gasteiger partial charge in [-0.1, -0.05) is 139 Å². The summed E-state index contributed by atoms with van der Waals surface area (Å²) in [5, 5.41) is 2.50. The predicted molar refractivity (Wildman–Crippen MR) is 197 cm³/mol. The van der Waals surface area contributed by atoms with E-state index in [-0.39, 0.29) is 16.2 Å². The van der Waals surface area contributed by atoms with Gasteiger partial charge in [-0.2, -0.15) is 0 Å². The van der Waals surface area contributed by atoms with Crippen LogP contribution < -0.4 is 4.90 Å². The summed E-state index contributed by atoms with van der Waals surface area (Å²) >= 11 is 0. The molecule has 228 valence electrons. The molecule has 2 aliphatic rings. The van der Waals surface area contributed by atoms with Gasteiger partial charge in [-0.05, 0) is 98.3 Å². The molecule has 8 rings (SSSR count). The molecule has 6 aromatic carbocycles. The van der Waals surface area contributed by atoms with Crippen molar-refractivity contribution >= 4 is 27.8 Å². The zero-order valence-corrected chi connectivity index (χ0v) is 28.0. The molecule has 0 N–H and O–H groups in total. The molecule has 0 aromatic heterocycles. The van der Waals surface area contributed by atoms with Crippen LogP contribution in [0.3, 0.4) is 0 Å². The van der Waals surface area contributed by atoms with Crippen molar-refractivity contribution in [2.24, 2.45) is 0 Å². The maximum absolute atomic E-state index is 2.53. The highest BCUT2D eigenvalue weighted by molar-refractivity contribution is 6.02. The Morgan fingerprint density at radius 2 is 1.09 bits per heavy atom. The number of benzene rings is 6. The van der Waals surface area contributed by atoms with E-state index < -0.39 is 0 Å². The molecule has 0 heterocycles. The molecule has 1 heteroatoms. The van der Waals surface area contributed by atoms with Crippen LogP contribution in [0.15, 0.2) is 127 Å². The smallest absolute Gasteiger partial charge is 0.0543 e. The predicted octanol–water partition coefficient (Wildman–Crippen LogP) is 12.6. The minimum absolute atomic E-state index is 0.0614. The maximum Gasteiger partial charge on any atom is 0.0543 e. The van der Waals surface area contributed by atoms with Gasteiger partial charge in [0.2, 0.25) is 0 Å². The van der Waals surface area contributed by atoms with E-state index in [2.05, 4.69) is 174 Å². The molecular formula is C45H43N. The van der Waals surface area contributed by atoms with Gasteiger partial charge in [0, 0.05) is 22.1 Å². The quantitative estimate of drug-likeness (QED) is 0.195. The summed E-state index contributed by atoms with van der Waals surface area (Å²) in [6, 6.07) is 47.7. The van der Waals surface area contributed by atoms with Crippen molar-refractivity contribution in [1.29, 1.82) is 0 Å². The summed E-state index contributed by atoms with van der Waals surface area (Å²) in [5.41, 5.74) is 14.8. The number of hydrogen-bond acceptors (Lipinski definition) is 1. The van der Waals surface area contributed by atoms with E-state index in [0.717, 1.165) is 5.69 Å². The first-order valence-electron chi connectivity index (χ1n) is 16.8. The summed E-state index contributed by atoms with van der Waals surface area (Å²) in [6.45, 7) is 14.6. The molecule has 0 saturated heterocycles. The van der Waals surface area contributed by atoms with Crippen LogP contribution in [0.1, 0.15) is 76.6 Å². The van der Waals surface area contributed by atoms with Gasteiger partial charge in [-0.3, -0.25) is 0 Å². The van der Waals surface area contributed by atoms with E-state index in [9.17, 15) is 0 Å². The largest absolute Gasteiger partial charge is 0.309 e. The molecule has 6 aromatic rings. The zero-order chi connectivity index (χ0) is 31.8. The van der Waals surface area contributed by atoms with Crippen molar-refractivity contribution in [3.63, 3.8) is 0 Å². The van der Waals surface area contributed by atoms with Gasteiger partial charge in [0.25, 0.3) is 0 Å². The lowest BCUT2D eigenvalue weighted by molar-refractivity contribution is 0.333. The van der Waals surface area contributed by atoms with Gasteiger partial charge in [0.1, 0.15) is 0 Å². The van der Waals surface area contributed by atoms with Gasteiger partial charge in [-0.25, -0.2) is 0 Å². The van der Waals surface area contributed by atoms with Gasteiger partial charge < -0.3 is 4.90 Å². The monoisotopic (exact) mass is 597 g/mol. The molecule has 0 radical (unpaired) electrons. The second-order valence-electron chi connectivity index (χ2n) is 15.3. The lowest BCUT2D eigenvalue weighted by Crippen LogP contribution is -2.34. The van der Waals surface area contributed by atoms with Crippen LogP contribution in [0.5, 0.6) is 0 Å². The molecule has 0 bridgehead atoms. The number of anilines is 3. The van der Waals surface area contributed by atoms with Crippen molar-refractivity contribution in [2.45, 2.75) is 70.6 Å². The van der Waals surface area contributed by atoms with Crippen LogP contribution in [0.25, 0.3) is 33.0 Å². The Morgan fingerprint density at radius 1 is 0.457 bits per heavy atom. The minimum atomic E-state index is -0.113. The fraction of sp³-hybridized carbons (Fsp3) is 0.244. The third kappa shape index (κ3) is 4.28. The van der Waals surface area contributed by atoms with Crippen molar-refractivity contribution in [2.75, 3.05) is 4.90 Å². The Hall–Kier alpha value is -4.62. The van der Waals surface area contributed by atoms with Gasteiger partial charge in [0.05, 0.1) is 11.4 Å². The third-order valence-electron chi connectivity index (χ3n) is 11.1. The third-order valence-corrected chi connectivity index (χ3v) is 11.1. The highest BCUT2D eigenvalue weighted by Crippen LogP contribution is 2.56. The molecular weight excluding hydrogens is 555 g/mol. The van der Waals surface area contributed by atoms with Crippen LogP contribution in [0.2, 0.25) is 0 Å². The first kappa shape index (κ1) is 28.8. The van der Waals surface area contributed by atoms with Crippen molar-refractivity contribution in [3.05, 3.63) is 150 Å². The standard InChI is InChI=1S/C45H43N/c1-43(2)26-27-44(3,4)42-34(22-15-24-38(42)43)36-28-35-33-21-12-13-23-37(33)45(5,6)39(35)29-41(36)46(31-18-8-7-9-19-31)40-25-14-17-30-16-10-11-20-32(30)40/h7-25,28-29H,26-27H2,1-6H3. The Kier molecular flexibility index (Phi) is 6.39. The van der Waals surface area contributed by atoms with Crippen molar-refractivity contribution < 1.29 is 0 Å². The molecule has 0 spiro atoms. The fourth-order valence-electron chi connectivity index (χ4n) is 8.48. The first-order valence-corrected chi connectivity index (χ1v) is 16.8. The van der Waals surface area contributed by atoms with Crippen LogP contribution in [0.4, 0.5) is 17.1 Å². The summed E-state index contributed by atoms with van der Waals surface area (Å²) in [7, 11) is 0. The van der Waals surface area contributed by atoms with E-state index in [0.29, 0.717) is 0 Å². The van der Waals surface area contributed by atoms with E-state index >= 15 is 0 Å². The zero-order valence-electron chi connectivity index (χ0n) is 28.0. The van der Waals surface area contributed by atoms with Crippen molar-refractivity contribution in [1.82, 2.24) is 0 Å². The average molecular weight is 598 g/mol. The Bertz CT molecular complexity index is 2120. The number of rotatable bonds is 4. The fourth-order valence-corrected chi connectivity index (χ4v) is 8.48. The molecule has 2 aliphatic carbocycles. The van der Waals surface area contributed by atoms with Crippen LogP contribution in [0, 0.1) is 0 Å². The first-order chi connectivity index (χ1) is 22.1. The Balaban J connectivity index is 1.52. The minimum Gasteiger partial charge on any atom is -0.309 e. The highest BCUT2D eigenvalue weighted by atomic mass is 15.1. The van der Waals surface area contributed by atoms with Crippen molar-refractivity contribution in [3.8, 4) is 22.3 Å². The lowest BCUT2D eigenvalue weighted by Gasteiger charge is -2.43. The van der Waals surface area contributed by atoms with E-state index in [4.69, 9.17) is 0 Å². The Morgan fingerprint density at radius 3 is 1.91 bits per heavy atom. The lowest BCUT2D eigenvalue weighted by atomic mass is 9.61. The van der Waals surface area contributed by atoms with Gasteiger partial charge in [-0.15, -0.1) is 0 Å². The molecule has 0 saturated carbocycles. The van der Waals surface area contributed by atoms with Crippen LogP contribution in [-0.4, -0.2) is 0 Å². The molecule has 46 heavy (non-hydrogen) atoms. The van der Waals surface area contributed by atoms with E-state index in [1.165, 1.54) is 79.5 Å². The second-order valence-corrected chi connectivity index (χ2v) is 15.3. The van der Waals surface area contributed by atoms with Crippen LogP contribution >= 0.6 is 0 Å². The van der Waals surface area contributed by atoms with Crippen LogP contribution in [-0.2, 0) is 16.2 Å². The Labute approximate surface area is 274 Å². The topological polar surface area (TPSA) is 3.24 Å². The van der Waals surface area contributed by atoms with E-state index in [1.807, 2.05) is 0 Å². The summed E-state index contributed by atoms with van der Waals surface area (Å²) in [6.07, 6.45) is 2.37. The normalized spacial score (nSPS) is 16.8. The highest BCUT2D eigenvalue weighted by Gasteiger charge is 2.41. The molecule has 0 unspecified atom stereocenters. The van der Waals surface area contributed by atoms with Gasteiger partial charge in [0.15, 0.2) is 0 Å². The molecule has 0 atom stereocenters.